The quantitative estimate of drug-likeness (QED) is 0.700. The second-order valence-electron chi connectivity index (χ2n) is 6.65. The Morgan fingerprint density at radius 3 is 2.73 bits per heavy atom. The first-order valence-electron chi connectivity index (χ1n) is 8.82. The minimum atomic E-state index is -3.58. The maximum atomic E-state index is 15.0. The molecule has 0 bridgehead atoms. The highest BCUT2D eigenvalue weighted by atomic mass is 35.5. The van der Waals surface area contributed by atoms with Crippen molar-refractivity contribution in [3.05, 3.63) is 58.4 Å². The molecule has 1 aliphatic rings. The zero-order chi connectivity index (χ0) is 22.1. The number of anilines is 1. The van der Waals surface area contributed by atoms with Crippen molar-refractivity contribution in [1.82, 2.24) is 4.98 Å². The number of alkyl halides is 2. The third kappa shape index (κ3) is 3.97. The maximum absolute atomic E-state index is 15.0. The van der Waals surface area contributed by atoms with E-state index in [1.54, 1.807) is 0 Å². The van der Waals surface area contributed by atoms with Crippen LogP contribution in [-0.4, -0.2) is 35.9 Å². The molecule has 11 heteroatoms. The number of amidine groups is 1. The van der Waals surface area contributed by atoms with Gasteiger partial charge in [-0.15, -0.1) is 0 Å². The highest BCUT2D eigenvalue weighted by molar-refractivity contribution is 6.34. The van der Waals surface area contributed by atoms with Gasteiger partial charge in [-0.25, -0.2) is 22.5 Å². The summed E-state index contributed by atoms with van der Waals surface area (Å²) in [6.45, 7) is 0.100. The number of carbonyl (C=O) groups is 1. The predicted octanol–water partition coefficient (Wildman–Crippen LogP) is 3.89. The number of aromatic nitrogens is 1. The average Bonchev–Trinajstić information content (AvgIpc) is 2.78. The Hall–Kier alpha value is -2.72. The maximum Gasteiger partial charge on any atom is 0.299 e. The molecule has 30 heavy (non-hydrogen) atoms. The van der Waals surface area contributed by atoms with Gasteiger partial charge >= 0.3 is 0 Å². The van der Waals surface area contributed by atoms with Crippen LogP contribution in [0.1, 0.15) is 29.4 Å². The van der Waals surface area contributed by atoms with E-state index < -0.39 is 41.2 Å². The number of rotatable bonds is 4. The third-order valence-corrected chi connectivity index (χ3v) is 4.97. The molecule has 0 radical (unpaired) electrons. The Morgan fingerprint density at radius 2 is 2.07 bits per heavy atom. The molecule has 2 aromatic rings. The molecule has 0 saturated carbocycles. The van der Waals surface area contributed by atoms with Crippen molar-refractivity contribution in [2.24, 2.45) is 10.7 Å². The van der Waals surface area contributed by atoms with E-state index in [1.165, 1.54) is 13.0 Å². The molecule has 0 aliphatic carbocycles. The summed E-state index contributed by atoms with van der Waals surface area (Å²) in [5.74, 6) is -6.30. The molecule has 2 heterocycles. The molecule has 1 amide bonds. The van der Waals surface area contributed by atoms with Crippen LogP contribution in [0.15, 0.2) is 35.5 Å². The molecular formula is C19H17ClF4N4O2. The van der Waals surface area contributed by atoms with Crippen LogP contribution in [0.3, 0.4) is 0 Å². The number of halogens is 5. The first-order valence-corrected chi connectivity index (χ1v) is 9.19. The molecule has 1 aromatic heterocycles. The van der Waals surface area contributed by atoms with Crippen LogP contribution in [0.4, 0.5) is 23.2 Å². The number of nitrogens with one attached hydrogen (secondary N) is 1. The molecule has 1 unspecified atom stereocenters. The normalized spacial score (nSPS) is 20.9. The van der Waals surface area contributed by atoms with Gasteiger partial charge in [0.25, 0.3) is 11.8 Å². The van der Waals surface area contributed by atoms with Gasteiger partial charge < -0.3 is 15.8 Å². The van der Waals surface area contributed by atoms with Crippen LogP contribution in [0.2, 0.25) is 5.02 Å². The first kappa shape index (κ1) is 22.0. The summed E-state index contributed by atoms with van der Waals surface area (Å²) in [6, 6.07) is 4.05. The minimum absolute atomic E-state index is 0.0128. The lowest BCUT2D eigenvalue weighted by atomic mass is 9.81. The number of ether oxygens (including phenoxy) is 1. The van der Waals surface area contributed by atoms with E-state index in [0.29, 0.717) is 0 Å². The van der Waals surface area contributed by atoms with Gasteiger partial charge in [-0.2, -0.15) is 0 Å². The van der Waals surface area contributed by atoms with Crippen molar-refractivity contribution in [2.45, 2.75) is 24.8 Å². The fourth-order valence-electron chi connectivity index (χ4n) is 3.24. The average molecular weight is 445 g/mol. The molecule has 0 saturated heterocycles. The summed E-state index contributed by atoms with van der Waals surface area (Å²) < 4.78 is 62.6. The van der Waals surface area contributed by atoms with Gasteiger partial charge in [-0.1, -0.05) is 18.5 Å². The Bertz CT molecular complexity index is 1020. The number of nitrogens with two attached hydrogens (primary N) is 1. The van der Waals surface area contributed by atoms with E-state index >= 15 is 0 Å². The number of benzene rings is 1. The fraction of sp³-hybridized carbons (Fsp3) is 0.316. The number of amides is 1. The summed E-state index contributed by atoms with van der Waals surface area (Å²) in [5.41, 5.74) is 2.58. The van der Waals surface area contributed by atoms with Crippen molar-refractivity contribution in [1.29, 1.82) is 0 Å². The van der Waals surface area contributed by atoms with Gasteiger partial charge in [0.05, 0.1) is 11.2 Å². The summed E-state index contributed by atoms with van der Waals surface area (Å²) in [7, 11) is 0. The highest BCUT2D eigenvalue weighted by Crippen LogP contribution is 2.46. The standard InChI is InChI=1S/C19H17ClF4N4O2/c1-2-18(19(23,24)9-30-8-15(25)28-18)12-6-11(3-4-14(12)22)27-17(29)16-13(20)5-10(21)7-26-16/h3-7H,2,8-9H2,1H3,(H2,25,28)(H,27,29). The van der Waals surface area contributed by atoms with Crippen molar-refractivity contribution in [3.63, 3.8) is 0 Å². The molecule has 3 rings (SSSR count). The Morgan fingerprint density at radius 1 is 1.33 bits per heavy atom. The summed E-state index contributed by atoms with van der Waals surface area (Å²) in [4.78, 5) is 19.9. The smallest absolute Gasteiger partial charge is 0.299 e. The molecule has 0 fully saturated rings. The van der Waals surface area contributed by atoms with E-state index in [9.17, 15) is 22.4 Å². The lowest BCUT2D eigenvalue weighted by molar-refractivity contribution is -0.123. The largest absolute Gasteiger partial charge is 0.385 e. The lowest BCUT2D eigenvalue weighted by Crippen LogP contribution is -2.47. The molecular weight excluding hydrogens is 428 g/mol. The number of hydrogen-bond donors (Lipinski definition) is 2. The minimum Gasteiger partial charge on any atom is -0.385 e. The zero-order valence-corrected chi connectivity index (χ0v) is 16.4. The molecule has 0 spiro atoms. The van der Waals surface area contributed by atoms with E-state index in [2.05, 4.69) is 15.3 Å². The van der Waals surface area contributed by atoms with Crippen LogP contribution in [0.25, 0.3) is 0 Å². The van der Waals surface area contributed by atoms with Gasteiger partial charge in [0.1, 0.15) is 36.4 Å². The van der Waals surface area contributed by atoms with Crippen molar-refractivity contribution in [3.8, 4) is 0 Å². The topological polar surface area (TPSA) is 89.6 Å². The van der Waals surface area contributed by atoms with Gasteiger partial charge in [-0.3, -0.25) is 9.79 Å². The van der Waals surface area contributed by atoms with Gasteiger partial charge in [0, 0.05) is 11.3 Å². The molecule has 160 valence electrons. The molecule has 1 atom stereocenters. The highest BCUT2D eigenvalue weighted by Gasteiger charge is 2.56. The van der Waals surface area contributed by atoms with E-state index in [-0.39, 0.29) is 35.3 Å². The van der Waals surface area contributed by atoms with Gasteiger partial charge in [0.2, 0.25) is 0 Å². The van der Waals surface area contributed by atoms with Crippen LogP contribution in [0.5, 0.6) is 0 Å². The second-order valence-corrected chi connectivity index (χ2v) is 7.05. The second kappa shape index (κ2) is 8.19. The summed E-state index contributed by atoms with van der Waals surface area (Å²) in [5, 5.41) is 2.14. The predicted molar refractivity (Wildman–Crippen MR) is 103 cm³/mol. The third-order valence-electron chi connectivity index (χ3n) is 4.68. The molecule has 1 aliphatic heterocycles. The van der Waals surface area contributed by atoms with Crippen LogP contribution < -0.4 is 11.1 Å². The van der Waals surface area contributed by atoms with E-state index in [0.717, 1.165) is 24.4 Å². The Kier molecular flexibility index (Phi) is 6.00. The monoisotopic (exact) mass is 444 g/mol. The molecule has 6 nitrogen and oxygen atoms in total. The van der Waals surface area contributed by atoms with E-state index in [4.69, 9.17) is 22.1 Å². The Labute approximate surface area is 174 Å². The van der Waals surface area contributed by atoms with Gasteiger partial charge in [0.15, 0.2) is 5.54 Å². The zero-order valence-electron chi connectivity index (χ0n) is 15.7. The lowest BCUT2D eigenvalue weighted by Gasteiger charge is -2.36. The fourth-order valence-corrected chi connectivity index (χ4v) is 3.48. The van der Waals surface area contributed by atoms with Crippen molar-refractivity contribution in [2.75, 3.05) is 18.5 Å². The van der Waals surface area contributed by atoms with Crippen LogP contribution >= 0.6 is 11.6 Å². The molecule has 1 aromatic carbocycles. The van der Waals surface area contributed by atoms with Crippen LogP contribution in [0, 0.1) is 11.6 Å². The van der Waals surface area contributed by atoms with E-state index in [1.807, 2.05) is 0 Å². The molecule has 3 N–H and O–H groups in total. The number of aliphatic imine (C=N–C) groups is 1. The van der Waals surface area contributed by atoms with Crippen molar-refractivity contribution >= 4 is 29.0 Å². The van der Waals surface area contributed by atoms with Gasteiger partial charge in [-0.05, 0) is 30.7 Å². The van der Waals surface area contributed by atoms with Crippen molar-refractivity contribution < 1.29 is 27.1 Å². The Balaban J connectivity index is 2.04. The summed E-state index contributed by atoms with van der Waals surface area (Å²) in [6.07, 6.45) is 0.510. The SMILES string of the molecule is CCC1(c2cc(NC(=O)c3ncc(F)cc3Cl)ccc2F)N=C(N)COCC1(F)F. The summed E-state index contributed by atoms with van der Waals surface area (Å²) >= 11 is 5.82. The number of pyridine rings is 1. The van der Waals surface area contributed by atoms with Crippen LogP contribution in [-0.2, 0) is 10.3 Å². The first-order chi connectivity index (χ1) is 14.1. The number of hydrogen-bond acceptors (Lipinski definition) is 5. The number of carbonyl (C=O) groups excluding carboxylic acids is 1. The number of nitrogens with zero attached hydrogens (tertiary/aromatic N) is 2.